The van der Waals surface area contributed by atoms with E-state index < -0.39 is 30.0 Å². The van der Waals surface area contributed by atoms with E-state index in [1.165, 1.54) is 4.90 Å². The second kappa shape index (κ2) is 12.9. The maximum Gasteiger partial charge on any atom is 0.326 e. The number of carboxylic acid groups (broad SMARTS) is 1. The van der Waals surface area contributed by atoms with Gasteiger partial charge in [0, 0.05) is 30.1 Å². The lowest BCUT2D eigenvalue weighted by molar-refractivity contribution is -0.145. The van der Waals surface area contributed by atoms with Gasteiger partial charge in [0.2, 0.25) is 17.7 Å². The van der Waals surface area contributed by atoms with E-state index in [1.54, 1.807) is 0 Å². The first-order chi connectivity index (χ1) is 18.4. The van der Waals surface area contributed by atoms with E-state index in [2.05, 4.69) is 20.9 Å². The molecule has 4 unspecified atom stereocenters. The predicted molar refractivity (Wildman–Crippen MR) is 142 cm³/mol. The van der Waals surface area contributed by atoms with E-state index >= 15 is 0 Å². The minimum absolute atomic E-state index is 0.230. The van der Waals surface area contributed by atoms with Gasteiger partial charge in [-0.15, -0.1) is 0 Å². The summed E-state index contributed by atoms with van der Waals surface area (Å²) < 4.78 is 0. The molecular formula is C27H38N6O5. The van der Waals surface area contributed by atoms with Crippen molar-refractivity contribution in [3.63, 3.8) is 0 Å². The number of likely N-dealkylation sites (tertiary alicyclic amines) is 1. The summed E-state index contributed by atoms with van der Waals surface area (Å²) in [6, 6.07) is 4.72. The molecule has 4 atom stereocenters. The highest BCUT2D eigenvalue weighted by Crippen LogP contribution is 2.23. The number of amides is 3. The molecule has 2 fully saturated rings. The smallest absolute Gasteiger partial charge is 0.326 e. The second-order valence-corrected chi connectivity index (χ2v) is 10.1. The van der Waals surface area contributed by atoms with Crippen LogP contribution in [-0.4, -0.2) is 82.5 Å². The molecule has 11 nitrogen and oxygen atoms in total. The maximum absolute atomic E-state index is 13.9. The van der Waals surface area contributed by atoms with Gasteiger partial charge < -0.3 is 36.7 Å². The fraction of sp³-hybridized carbons (Fsp3) is 0.556. The summed E-state index contributed by atoms with van der Waals surface area (Å²) in [7, 11) is 0. The summed E-state index contributed by atoms with van der Waals surface area (Å²) in [5.74, 6) is -2.16. The fourth-order valence-electron chi connectivity index (χ4n) is 5.42. The van der Waals surface area contributed by atoms with Crippen molar-refractivity contribution < 1.29 is 24.3 Å². The van der Waals surface area contributed by atoms with Gasteiger partial charge in [0.25, 0.3) is 0 Å². The SMILES string of the molecule is NCCCCC(NC(=O)C1CCCN1C(=O)C(Cc1c[nH]c2ccccc12)NC(=O)C1CCCN1)C(=O)O. The molecular weight excluding hydrogens is 488 g/mol. The van der Waals surface area contributed by atoms with E-state index in [4.69, 9.17) is 5.73 Å². The third-order valence-electron chi connectivity index (χ3n) is 7.49. The number of hydrogen-bond donors (Lipinski definition) is 6. The number of nitrogens with two attached hydrogens (primary N) is 1. The number of fused-ring (bicyclic) bond motifs is 1. The average molecular weight is 527 g/mol. The zero-order valence-corrected chi connectivity index (χ0v) is 21.6. The van der Waals surface area contributed by atoms with Crippen LogP contribution >= 0.6 is 0 Å². The molecule has 0 saturated carbocycles. The highest BCUT2D eigenvalue weighted by Gasteiger charge is 2.39. The number of aliphatic carboxylic acids is 1. The van der Waals surface area contributed by atoms with Crippen molar-refractivity contribution in [2.45, 2.75) is 75.5 Å². The van der Waals surface area contributed by atoms with Gasteiger partial charge in [0.15, 0.2) is 0 Å². The van der Waals surface area contributed by atoms with Gasteiger partial charge in [-0.2, -0.15) is 0 Å². The first kappa shape index (κ1) is 27.6. The van der Waals surface area contributed by atoms with Gasteiger partial charge in [-0.3, -0.25) is 14.4 Å². The lowest BCUT2D eigenvalue weighted by Gasteiger charge is -2.30. The molecule has 11 heteroatoms. The molecule has 0 spiro atoms. The number of carboxylic acids is 1. The summed E-state index contributed by atoms with van der Waals surface area (Å²) in [5.41, 5.74) is 7.34. The van der Waals surface area contributed by atoms with Crippen molar-refractivity contribution in [2.24, 2.45) is 5.73 Å². The van der Waals surface area contributed by atoms with E-state index in [0.717, 1.165) is 29.4 Å². The topological polar surface area (TPSA) is 170 Å². The molecule has 2 saturated heterocycles. The standard InChI is InChI=1S/C27H38N6O5/c28-12-4-3-9-21(27(37)38)31-25(35)23-11-6-14-33(23)26(36)22(32-24(34)20-10-5-13-29-20)15-17-16-30-19-8-2-1-7-18(17)19/h1-2,7-8,16,20-23,29-30H,3-6,9-15,28H2,(H,31,35)(H,32,34)(H,37,38). The van der Waals surface area contributed by atoms with Crippen molar-refractivity contribution in [3.8, 4) is 0 Å². The number of unbranched alkanes of at least 4 members (excludes halogenated alkanes) is 1. The zero-order chi connectivity index (χ0) is 27.1. The van der Waals surface area contributed by atoms with Gasteiger partial charge in [-0.25, -0.2) is 4.79 Å². The average Bonchev–Trinajstić information content (AvgIpc) is 3.68. The number of aromatic amines is 1. The highest BCUT2D eigenvalue weighted by atomic mass is 16.4. The van der Waals surface area contributed by atoms with E-state index in [9.17, 15) is 24.3 Å². The van der Waals surface area contributed by atoms with Gasteiger partial charge >= 0.3 is 5.97 Å². The van der Waals surface area contributed by atoms with Crippen LogP contribution in [0.5, 0.6) is 0 Å². The second-order valence-electron chi connectivity index (χ2n) is 10.1. The summed E-state index contributed by atoms with van der Waals surface area (Å²) in [4.78, 5) is 56.5. The van der Waals surface area contributed by atoms with Crippen LogP contribution in [-0.2, 0) is 25.6 Å². The Morgan fingerprint density at radius 2 is 1.84 bits per heavy atom. The van der Waals surface area contributed by atoms with Crippen LogP contribution < -0.4 is 21.7 Å². The number of nitrogens with one attached hydrogen (secondary N) is 4. The first-order valence-electron chi connectivity index (χ1n) is 13.5. The quantitative estimate of drug-likeness (QED) is 0.220. The first-order valence-corrected chi connectivity index (χ1v) is 13.5. The summed E-state index contributed by atoms with van der Waals surface area (Å²) in [5, 5.41) is 19.3. The Morgan fingerprint density at radius 3 is 2.58 bits per heavy atom. The molecule has 1 aromatic heterocycles. The number of carbonyl (C=O) groups excluding carboxylic acids is 3. The van der Waals surface area contributed by atoms with Crippen molar-refractivity contribution in [1.82, 2.24) is 25.8 Å². The fourth-order valence-corrected chi connectivity index (χ4v) is 5.42. The molecule has 2 aromatic rings. The normalized spacial score (nSPS) is 20.8. The number of rotatable bonds is 12. The number of hydrogen-bond acceptors (Lipinski definition) is 6. The largest absolute Gasteiger partial charge is 0.480 e. The van der Waals surface area contributed by atoms with Crippen molar-refractivity contribution in [1.29, 1.82) is 0 Å². The Kier molecular flexibility index (Phi) is 9.35. The number of carbonyl (C=O) groups is 4. The van der Waals surface area contributed by atoms with Crippen LogP contribution in [0, 0.1) is 0 Å². The number of nitrogens with zero attached hydrogens (tertiary/aromatic N) is 1. The van der Waals surface area contributed by atoms with Crippen LogP contribution in [0.25, 0.3) is 10.9 Å². The van der Waals surface area contributed by atoms with Crippen molar-refractivity contribution >= 4 is 34.6 Å². The molecule has 38 heavy (non-hydrogen) atoms. The van der Waals surface area contributed by atoms with Crippen LogP contribution in [0.4, 0.5) is 0 Å². The number of aromatic nitrogens is 1. The van der Waals surface area contributed by atoms with Crippen LogP contribution in [0.3, 0.4) is 0 Å². The molecule has 0 aliphatic carbocycles. The maximum atomic E-state index is 13.9. The Labute approximate surface area is 221 Å². The summed E-state index contributed by atoms with van der Waals surface area (Å²) in [6.07, 6.45) is 6.28. The zero-order valence-electron chi connectivity index (χ0n) is 21.6. The highest BCUT2D eigenvalue weighted by molar-refractivity contribution is 5.95. The lowest BCUT2D eigenvalue weighted by Crippen LogP contribution is -2.57. The summed E-state index contributed by atoms with van der Waals surface area (Å²) >= 11 is 0. The minimum Gasteiger partial charge on any atom is -0.480 e. The van der Waals surface area contributed by atoms with E-state index in [1.807, 2.05) is 30.5 Å². The monoisotopic (exact) mass is 526 g/mol. The number of para-hydroxylation sites is 1. The molecule has 4 rings (SSSR count). The van der Waals surface area contributed by atoms with Gasteiger partial charge in [0.05, 0.1) is 6.04 Å². The van der Waals surface area contributed by atoms with Crippen LogP contribution in [0.2, 0.25) is 0 Å². The number of benzene rings is 1. The molecule has 206 valence electrons. The van der Waals surface area contributed by atoms with Crippen molar-refractivity contribution in [3.05, 3.63) is 36.0 Å². The molecule has 3 heterocycles. The molecule has 2 aliphatic rings. The third kappa shape index (κ3) is 6.51. The van der Waals surface area contributed by atoms with Crippen LogP contribution in [0.1, 0.15) is 50.5 Å². The van der Waals surface area contributed by atoms with Crippen LogP contribution in [0.15, 0.2) is 30.5 Å². The molecule has 1 aromatic carbocycles. The van der Waals surface area contributed by atoms with Crippen molar-refractivity contribution in [2.75, 3.05) is 19.6 Å². The van der Waals surface area contributed by atoms with E-state index in [0.29, 0.717) is 45.2 Å². The molecule has 7 N–H and O–H groups in total. The lowest BCUT2D eigenvalue weighted by atomic mass is 10.0. The Morgan fingerprint density at radius 1 is 1.05 bits per heavy atom. The predicted octanol–water partition coefficient (Wildman–Crippen LogP) is 0.637. The van der Waals surface area contributed by atoms with Gasteiger partial charge in [0.1, 0.15) is 18.1 Å². The minimum atomic E-state index is -1.11. The van der Waals surface area contributed by atoms with Gasteiger partial charge in [-0.1, -0.05) is 18.2 Å². The molecule has 0 bridgehead atoms. The van der Waals surface area contributed by atoms with Gasteiger partial charge in [-0.05, 0) is 69.7 Å². The van der Waals surface area contributed by atoms with E-state index in [-0.39, 0.29) is 30.7 Å². The summed E-state index contributed by atoms with van der Waals surface area (Å²) in [6.45, 7) is 1.57. The molecule has 2 aliphatic heterocycles. The molecule has 0 radical (unpaired) electrons. The number of H-pyrrole nitrogens is 1. The Balaban J connectivity index is 1.51. The Bertz CT molecular complexity index is 1140. The third-order valence-corrected chi connectivity index (χ3v) is 7.49. The molecule has 3 amide bonds. The Hall–Kier alpha value is -3.44.